The van der Waals surface area contributed by atoms with Crippen LogP contribution in [0.15, 0.2) is 18.2 Å². The van der Waals surface area contributed by atoms with E-state index in [0.29, 0.717) is 23.5 Å². The van der Waals surface area contributed by atoms with E-state index in [-0.39, 0.29) is 5.97 Å². The number of nitrogens with two attached hydrogens (primary N) is 1. The largest absolute Gasteiger partial charge is 0.462 e. The van der Waals surface area contributed by atoms with Gasteiger partial charge in [-0.05, 0) is 31.9 Å². The molecular weight excluding hydrogens is 242 g/mol. The Kier molecular flexibility index (Phi) is 4.63. The lowest BCUT2D eigenvalue weighted by Crippen LogP contribution is -2.35. The predicted octanol–water partition coefficient (Wildman–Crippen LogP) is 2.26. The highest BCUT2D eigenvalue weighted by Gasteiger charge is 2.18. The van der Waals surface area contributed by atoms with E-state index < -0.39 is 0 Å². The minimum absolute atomic E-state index is 0.339. The predicted molar refractivity (Wildman–Crippen MR) is 75.9 cm³/mol. The summed E-state index contributed by atoms with van der Waals surface area (Å²) in [5, 5.41) is 2.11. The van der Waals surface area contributed by atoms with Crippen LogP contribution in [0, 0.1) is 0 Å². The third kappa shape index (κ3) is 3.38. The Morgan fingerprint density at radius 3 is 2.79 bits per heavy atom. The average molecular weight is 263 g/mol. The van der Waals surface area contributed by atoms with Gasteiger partial charge in [-0.1, -0.05) is 12.5 Å². The van der Waals surface area contributed by atoms with Gasteiger partial charge in [0.25, 0.3) is 0 Å². The number of carbonyl (C=O) groups excluding carboxylic acids is 1. The van der Waals surface area contributed by atoms with Gasteiger partial charge in [0.05, 0.1) is 23.5 Å². The molecule has 1 aromatic carbocycles. The lowest BCUT2D eigenvalue weighted by molar-refractivity contribution is 0.0527. The van der Waals surface area contributed by atoms with Crippen LogP contribution in [0.3, 0.4) is 0 Å². The van der Waals surface area contributed by atoms with Crippen molar-refractivity contribution in [3.05, 3.63) is 23.8 Å². The number of para-hydroxylation sites is 1. The van der Waals surface area contributed by atoms with Crippen molar-refractivity contribution in [2.45, 2.75) is 26.2 Å². The lowest BCUT2D eigenvalue weighted by Gasteiger charge is -2.29. The Morgan fingerprint density at radius 1 is 1.37 bits per heavy atom. The van der Waals surface area contributed by atoms with Gasteiger partial charge in [-0.3, -0.25) is 0 Å². The molecule has 104 valence electrons. The van der Waals surface area contributed by atoms with E-state index in [0.717, 1.165) is 25.9 Å². The molecule has 5 heteroatoms. The molecule has 1 heterocycles. The first-order valence-electron chi connectivity index (χ1n) is 6.79. The Labute approximate surface area is 113 Å². The molecule has 0 radical (unpaired) electrons. The number of piperidine rings is 1. The summed E-state index contributed by atoms with van der Waals surface area (Å²) in [6.45, 7) is 4.09. The molecule has 1 aliphatic rings. The molecular formula is C14H21N3O2. The van der Waals surface area contributed by atoms with Crippen molar-refractivity contribution in [2.75, 3.05) is 30.9 Å². The molecule has 1 aromatic rings. The number of hydrogen-bond donors (Lipinski definition) is 2. The summed E-state index contributed by atoms with van der Waals surface area (Å²) in [6.07, 6.45) is 3.58. The molecule has 0 atom stereocenters. The average Bonchev–Trinajstić information content (AvgIpc) is 2.42. The molecule has 2 rings (SSSR count). The standard InChI is InChI=1S/C14H21N3O2/c1-2-19-14(18)11-7-6-8-12(15)13(11)16-17-9-4-3-5-10-17/h6-8,16H,2-5,9-10,15H2,1H3. The molecule has 0 amide bonds. The second-order valence-corrected chi connectivity index (χ2v) is 4.65. The number of anilines is 2. The zero-order chi connectivity index (χ0) is 13.7. The summed E-state index contributed by atoms with van der Waals surface area (Å²) in [6, 6.07) is 5.29. The molecule has 0 unspecified atom stereocenters. The van der Waals surface area contributed by atoms with Gasteiger partial charge in [0.15, 0.2) is 0 Å². The maximum Gasteiger partial charge on any atom is 0.340 e. The topological polar surface area (TPSA) is 67.6 Å². The van der Waals surface area contributed by atoms with Gasteiger partial charge < -0.3 is 15.9 Å². The second kappa shape index (κ2) is 6.43. The van der Waals surface area contributed by atoms with Crippen LogP contribution >= 0.6 is 0 Å². The molecule has 0 aromatic heterocycles. The van der Waals surface area contributed by atoms with E-state index in [4.69, 9.17) is 10.5 Å². The van der Waals surface area contributed by atoms with Crippen molar-refractivity contribution in [3.63, 3.8) is 0 Å². The molecule has 1 fully saturated rings. The van der Waals surface area contributed by atoms with Crippen LogP contribution in [-0.2, 0) is 4.74 Å². The lowest BCUT2D eigenvalue weighted by atomic mass is 10.1. The summed E-state index contributed by atoms with van der Waals surface area (Å²) < 4.78 is 5.06. The van der Waals surface area contributed by atoms with E-state index in [1.54, 1.807) is 25.1 Å². The van der Waals surface area contributed by atoms with E-state index in [2.05, 4.69) is 10.4 Å². The number of nitrogens with zero attached hydrogens (tertiary/aromatic N) is 1. The summed E-state index contributed by atoms with van der Waals surface area (Å²) in [7, 11) is 0. The van der Waals surface area contributed by atoms with Crippen molar-refractivity contribution < 1.29 is 9.53 Å². The minimum Gasteiger partial charge on any atom is -0.462 e. The minimum atomic E-state index is -0.339. The van der Waals surface area contributed by atoms with Crippen LogP contribution in [0.2, 0.25) is 0 Å². The maximum atomic E-state index is 11.9. The van der Waals surface area contributed by atoms with Crippen molar-refractivity contribution in [1.82, 2.24) is 5.01 Å². The molecule has 0 bridgehead atoms. The highest BCUT2D eigenvalue weighted by Crippen LogP contribution is 2.25. The normalized spacial score (nSPS) is 16.1. The highest BCUT2D eigenvalue weighted by atomic mass is 16.5. The van der Waals surface area contributed by atoms with Crippen LogP contribution in [0.4, 0.5) is 11.4 Å². The molecule has 0 spiro atoms. The van der Waals surface area contributed by atoms with Crippen molar-refractivity contribution in [2.24, 2.45) is 0 Å². The third-order valence-electron chi connectivity index (χ3n) is 3.22. The summed E-state index contributed by atoms with van der Waals surface area (Å²) in [5.41, 5.74) is 11.0. The molecule has 0 saturated carbocycles. The molecule has 3 N–H and O–H groups in total. The smallest absolute Gasteiger partial charge is 0.340 e. The van der Waals surface area contributed by atoms with Gasteiger partial charge in [-0.25, -0.2) is 9.80 Å². The van der Waals surface area contributed by atoms with Gasteiger partial charge in [-0.15, -0.1) is 0 Å². The van der Waals surface area contributed by atoms with Crippen LogP contribution in [0.25, 0.3) is 0 Å². The van der Waals surface area contributed by atoms with E-state index in [1.807, 2.05) is 0 Å². The highest BCUT2D eigenvalue weighted by molar-refractivity contribution is 5.98. The summed E-state index contributed by atoms with van der Waals surface area (Å²) >= 11 is 0. The first-order valence-corrected chi connectivity index (χ1v) is 6.79. The second-order valence-electron chi connectivity index (χ2n) is 4.65. The van der Waals surface area contributed by atoms with E-state index >= 15 is 0 Å². The monoisotopic (exact) mass is 263 g/mol. The molecule has 5 nitrogen and oxygen atoms in total. The van der Waals surface area contributed by atoms with Crippen molar-refractivity contribution >= 4 is 17.3 Å². The number of hydrogen-bond acceptors (Lipinski definition) is 5. The number of ether oxygens (including phenoxy) is 1. The van der Waals surface area contributed by atoms with E-state index in [9.17, 15) is 4.79 Å². The van der Waals surface area contributed by atoms with Crippen molar-refractivity contribution in [1.29, 1.82) is 0 Å². The first kappa shape index (κ1) is 13.7. The van der Waals surface area contributed by atoms with Crippen molar-refractivity contribution in [3.8, 4) is 0 Å². The Bertz CT molecular complexity index is 442. The van der Waals surface area contributed by atoms with Gasteiger partial charge >= 0.3 is 5.97 Å². The Morgan fingerprint density at radius 2 is 2.11 bits per heavy atom. The van der Waals surface area contributed by atoms with Crippen LogP contribution in [-0.4, -0.2) is 30.7 Å². The number of hydrazine groups is 1. The van der Waals surface area contributed by atoms with E-state index in [1.165, 1.54) is 6.42 Å². The summed E-state index contributed by atoms with van der Waals surface area (Å²) in [5.74, 6) is -0.339. The number of nitrogens with one attached hydrogen (secondary N) is 1. The number of carbonyl (C=O) groups is 1. The quantitative estimate of drug-likeness (QED) is 0.644. The fourth-order valence-corrected chi connectivity index (χ4v) is 2.24. The SMILES string of the molecule is CCOC(=O)c1cccc(N)c1NN1CCCCC1. The van der Waals surface area contributed by atoms with Gasteiger partial charge in [0, 0.05) is 13.1 Å². The van der Waals surface area contributed by atoms with Crippen LogP contribution in [0.5, 0.6) is 0 Å². The number of esters is 1. The fourth-order valence-electron chi connectivity index (χ4n) is 2.24. The van der Waals surface area contributed by atoms with Gasteiger partial charge in [-0.2, -0.15) is 0 Å². The van der Waals surface area contributed by atoms with Crippen LogP contribution in [0.1, 0.15) is 36.5 Å². The first-order chi connectivity index (χ1) is 9.22. The van der Waals surface area contributed by atoms with Gasteiger partial charge in [0.2, 0.25) is 0 Å². The number of benzene rings is 1. The number of nitrogen functional groups attached to an aromatic ring is 1. The maximum absolute atomic E-state index is 11.9. The molecule has 1 saturated heterocycles. The fraction of sp³-hybridized carbons (Fsp3) is 0.500. The Hall–Kier alpha value is -1.75. The zero-order valence-electron chi connectivity index (χ0n) is 11.3. The third-order valence-corrected chi connectivity index (χ3v) is 3.22. The van der Waals surface area contributed by atoms with Gasteiger partial charge in [0.1, 0.15) is 0 Å². The molecule has 19 heavy (non-hydrogen) atoms. The molecule has 0 aliphatic carbocycles. The Balaban J connectivity index is 2.19. The summed E-state index contributed by atoms with van der Waals surface area (Å²) in [4.78, 5) is 11.9. The molecule has 1 aliphatic heterocycles. The number of rotatable bonds is 4. The van der Waals surface area contributed by atoms with Crippen LogP contribution < -0.4 is 11.2 Å². The zero-order valence-corrected chi connectivity index (χ0v) is 11.3.